The number of hydrogen-bond acceptors (Lipinski definition) is 0. The van der Waals surface area contributed by atoms with Crippen molar-refractivity contribution in [1.82, 2.24) is 4.57 Å². The lowest BCUT2D eigenvalue weighted by atomic mass is 10.0. The smallest absolute Gasteiger partial charge is 0.128 e. The molecule has 0 radical (unpaired) electrons. The normalized spacial score (nSPS) is 11.4. The monoisotopic (exact) mass is 295 g/mol. The van der Waals surface area contributed by atoms with Crippen LogP contribution in [0.3, 0.4) is 0 Å². The number of rotatable bonds is 2. The minimum absolute atomic E-state index is 0.119. The minimum atomic E-state index is -0.119. The number of fused-ring (bicyclic) bond motifs is 1. The van der Waals surface area contributed by atoms with Gasteiger partial charge in [0, 0.05) is 11.6 Å². The highest BCUT2D eigenvalue weighted by atomic mass is 19.1. The zero-order chi connectivity index (χ0) is 16.0. The van der Waals surface area contributed by atoms with Crippen molar-refractivity contribution >= 4 is 10.9 Å². The molecule has 0 spiro atoms. The Hall–Kier alpha value is -2.09. The third kappa shape index (κ3) is 2.14. The first-order valence-electron chi connectivity index (χ1n) is 7.81. The molecule has 0 aliphatic rings. The fourth-order valence-corrected chi connectivity index (χ4v) is 3.29. The molecule has 0 fully saturated rings. The lowest BCUT2D eigenvalue weighted by Crippen LogP contribution is -1.99. The Labute approximate surface area is 131 Å². The lowest BCUT2D eigenvalue weighted by Gasteiger charge is -2.12. The average Bonchev–Trinajstić information content (AvgIpc) is 2.82. The molecule has 0 saturated carbocycles. The summed E-state index contributed by atoms with van der Waals surface area (Å²) < 4.78 is 16.4. The first-order chi connectivity index (χ1) is 10.4. The Kier molecular flexibility index (Phi) is 3.56. The van der Waals surface area contributed by atoms with Crippen molar-refractivity contribution in [3.05, 3.63) is 64.1 Å². The summed E-state index contributed by atoms with van der Waals surface area (Å²) in [6.07, 6.45) is 2.83. The van der Waals surface area contributed by atoms with Crippen LogP contribution in [0, 0.1) is 33.5 Å². The second kappa shape index (κ2) is 5.28. The Morgan fingerprint density at radius 3 is 2.36 bits per heavy atom. The van der Waals surface area contributed by atoms with E-state index < -0.39 is 0 Å². The molecule has 0 aliphatic heterocycles. The zero-order valence-corrected chi connectivity index (χ0v) is 13.9. The molecule has 3 aromatic rings. The highest BCUT2D eigenvalue weighted by molar-refractivity contribution is 5.89. The van der Waals surface area contributed by atoms with Gasteiger partial charge in [0.15, 0.2) is 0 Å². The zero-order valence-electron chi connectivity index (χ0n) is 13.9. The van der Waals surface area contributed by atoms with E-state index >= 15 is 0 Å². The van der Waals surface area contributed by atoms with E-state index in [-0.39, 0.29) is 5.82 Å². The van der Waals surface area contributed by atoms with Crippen LogP contribution in [0.4, 0.5) is 4.39 Å². The fraction of sp³-hybridized carbons (Fsp3) is 0.300. The molecule has 22 heavy (non-hydrogen) atoms. The van der Waals surface area contributed by atoms with Gasteiger partial charge in [-0.3, -0.25) is 0 Å². The number of aryl methyl sites for hydroxylation is 5. The van der Waals surface area contributed by atoms with E-state index in [0.717, 1.165) is 28.8 Å². The predicted octanol–water partition coefficient (Wildman–Crippen LogP) is 5.57. The Morgan fingerprint density at radius 1 is 0.955 bits per heavy atom. The Bertz CT molecular complexity index is 871. The SMILES string of the molecule is CCc1cc(C)c(-n2cc(C)c3c(C)c(C)ccc32)cc1F. The summed E-state index contributed by atoms with van der Waals surface area (Å²) in [6.45, 7) is 10.4. The maximum absolute atomic E-state index is 14.3. The van der Waals surface area contributed by atoms with Crippen molar-refractivity contribution in [2.75, 3.05) is 0 Å². The second-order valence-corrected chi connectivity index (χ2v) is 6.17. The maximum Gasteiger partial charge on any atom is 0.128 e. The summed E-state index contributed by atoms with van der Waals surface area (Å²) in [5.41, 5.74) is 7.78. The molecule has 2 aromatic carbocycles. The van der Waals surface area contributed by atoms with Gasteiger partial charge in [-0.25, -0.2) is 4.39 Å². The maximum atomic E-state index is 14.3. The summed E-state index contributed by atoms with van der Waals surface area (Å²) in [6, 6.07) is 7.91. The summed E-state index contributed by atoms with van der Waals surface area (Å²) in [4.78, 5) is 0. The van der Waals surface area contributed by atoms with Gasteiger partial charge in [-0.05, 0) is 74.1 Å². The minimum Gasteiger partial charge on any atom is -0.316 e. The third-order valence-corrected chi connectivity index (χ3v) is 4.70. The number of halogens is 1. The van der Waals surface area contributed by atoms with Crippen LogP contribution in [0.15, 0.2) is 30.5 Å². The molecule has 0 aliphatic carbocycles. The van der Waals surface area contributed by atoms with Crippen LogP contribution in [-0.4, -0.2) is 4.57 Å². The molecule has 3 rings (SSSR count). The van der Waals surface area contributed by atoms with Gasteiger partial charge in [0.1, 0.15) is 5.82 Å². The average molecular weight is 295 g/mol. The summed E-state index contributed by atoms with van der Waals surface area (Å²) >= 11 is 0. The van der Waals surface area contributed by atoms with Crippen molar-refractivity contribution in [1.29, 1.82) is 0 Å². The van der Waals surface area contributed by atoms with Gasteiger partial charge in [-0.15, -0.1) is 0 Å². The molecule has 0 amide bonds. The first kappa shape index (κ1) is 14.8. The molecule has 2 heteroatoms. The Balaban J connectivity index is 2.32. The van der Waals surface area contributed by atoms with Crippen molar-refractivity contribution in [3.8, 4) is 5.69 Å². The summed E-state index contributed by atoms with van der Waals surface area (Å²) in [7, 11) is 0. The van der Waals surface area contributed by atoms with Crippen LogP contribution in [0.25, 0.3) is 16.6 Å². The van der Waals surface area contributed by atoms with Crippen molar-refractivity contribution in [3.63, 3.8) is 0 Å². The van der Waals surface area contributed by atoms with E-state index in [9.17, 15) is 4.39 Å². The molecule has 0 unspecified atom stereocenters. The molecule has 1 aromatic heterocycles. The van der Waals surface area contributed by atoms with Crippen molar-refractivity contribution in [2.45, 2.75) is 41.0 Å². The van der Waals surface area contributed by atoms with Gasteiger partial charge in [0.05, 0.1) is 11.2 Å². The molecule has 0 saturated heterocycles. The second-order valence-electron chi connectivity index (χ2n) is 6.17. The van der Waals surface area contributed by atoms with E-state index in [1.807, 2.05) is 13.0 Å². The predicted molar refractivity (Wildman–Crippen MR) is 91.6 cm³/mol. The third-order valence-electron chi connectivity index (χ3n) is 4.70. The van der Waals surface area contributed by atoms with Gasteiger partial charge in [-0.2, -0.15) is 0 Å². The molecule has 0 bridgehead atoms. The molecule has 114 valence electrons. The van der Waals surface area contributed by atoms with E-state index in [1.54, 1.807) is 6.07 Å². The van der Waals surface area contributed by atoms with E-state index in [1.165, 1.54) is 22.1 Å². The van der Waals surface area contributed by atoms with Crippen LogP contribution in [0.2, 0.25) is 0 Å². The van der Waals surface area contributed by atoms with Gasteiger partial charge in [0.2, 0.25) is 0 Å². The quantitative estimate of drug-likeness (QED) is 0.583. The number of aromatic nitrogens is 1. The molecule has 1 nitrogen and oxygen atoms in total. The summed E-state index contributed by atoms with van der Waals surface area (Å²) in [5, 5.41) is 1.28. The number of nitrogens with zero attached hydrogens (tertiary/aromatic N) is 1. The van der Waals surface area contributed by atoms with Crippen LogP contribution >= 0.6 is 0 Å². The van der Waals surface area contributed by atoms with Crippen LogP contribution in [0.5, 0.6) is 0 Å². The van der Waals surface area contributed by atoms with Crippen LogP contribution in [-0.2, 0) is 6.42 Å². The number of hydrogen-bond donors (Lipinski definition) is 0. The van der Waals surface area contributed by atoms with Crippen molar-refractivity contribution in [2.24, 2.45) is 0 Å². The largest absolute Gasteiger partial charge is 0.316 e. The van der Waals surface area contributed by atoms with Crippen molar-refractivity contribution < 1.29 is 4.39 Å². The van der Waals surface area contributed by atoms with Gasteiger partial charge in [0.25, 0.3) is 0 Å². The Morgan fingerprint density at radius 2 is 1.68 bits per heavy atom. The molecule has 0 N–H and O–H groups in total. The van der Waals surface area contributed by atoms with Crippen LogP contribution in [0.1, 0.15) is 34.7 Å². The standard InChI is InChI=1S/C20H22FN/c1-6-16-9-13(3)19(10-17(16)21)22-11-14(4)20-15(5)12(2)7-8-18(20)22/h7-11H,6H2,1-5H3. The summed E-state index contributed by atoms with van der Waals surface area (Å²) in [5.74, 6) is -0.119. The molecular formula is C20H22FN. The van der Waals surface area contributed by atoms with E-state index in [2.05, 4.69) is 50.6 Å². The van der Waals surface area contributed by atoms with Gasteiger partial charge >= 0.3 is 0 Å². The lowest BCUT2D eigenvalue weighted by molar-refractivity contribution is 0.610. The highest BCUT2D eigenvalue weighted by Crippen LogP contribution is 2.31. The van der Waals surface area contributed by atoms with Gasteiger partial charge < -0.3 is 4.57 Å². The number of benzene rings is 2. The first-order valence-corrected chi connectivity index (χ1v) is 7.81. The molecule has 1 heterocycles. The van der Waals surface area contributed by atoms with Gasteiger partial charge in [-0.1, -0.05) is 19.1 Å². The highest BCUT2D eigenvalue weighted by Gasteiger charge is 2.14. The van der Waals surface area contributed by atoms with Crippen LogP contribution < -0.4 is 0 Å². The fourth-order valence-electron chi connectivity index (χ4n) is 3.29. The topological polar surface area (TPSA) is 4.93 Å². The van der Waals surface area contributed by atoms with E-state index in [0.29, 0.717) is 0 Å². The molecule has 0 atom stereocenters. The molecular weight excluding hydrogens is 273 g/mol. The van der Waals surface area contributed by atoms with E-state index in [4.69, 9.17) is 0 Å².